The van der Waals surface area contributed by atoms with Crippen LogP contribution in [0.5, 0.6) is 0 Å². The fraction of sp³-hybridized carbons (Fsp3) is 0. The van der Waals surface area contributed by atoms with Crippen molar-refractivity contribution in [3.8, 4) is 44.5 Å². The van der Waals surface area contributed by atoms with Crippen molar-refractivity contribution in [2.24, 2.45) is 0 Å². The van der Waals surface area contributed by atoms with E-state index in [2.05, 4.69) is 217 Å². The predicted molar refractivity (Wildman–Crippen MR) is 255 cm³/mol. The van der Waals surface area contributed by atoms with Gasteiger partial charge in [0, 0.05) is 38.5 Å². The van der Waals surface area contributed by atoms with E-state index in [9.17, 15) is 0 Å². The minimum absolute atomic E-state index is 0.832. The Bertz CT molecular complexity index is 3550. The summed E-state index contributed by atoms with van der Waals surface area (Å²) in [5, 5.41) is 6.73. The molecule has 0 aliphatic rings. The van der Waals surface area contributed by atoms with Gasteiger partial charge in [-0.2, -0.15) is 0 Å². The molecule has 12 aromatic rings. The molecule has 0 saturated heterocycles. The van der Waals surface area contributed by atoms with Gasteiger partial charge >= 0.3 is 0 Å². The highest BCUT2D eigenvalue weighted by Gasteiger charge is 2.23. The molecule has 0 bridgehead atoms. The Kier molecular flexibility index (Phi) is 8.17. The van der Waals surface area contributed by atoms with Gasteiger partial charge in [0.25, 0.3) is 0 Å². The third-order valence-electron chi connectivity index (χ3n) is 12.1. The van der Waals surface area contributed by atoms with Gasteiger partial charge in [0.2, 0.25) is 0 Å². The summed E-state index contributed by atoms with van der Waals surface area (Å²) in [6.45, 7) is 0. The van der Waals surface area contributed by atoms with Gasteiger partial charge in [0.1, 0.15) is 16.7 Å². The minimum atomic E-state index is 0.832. The van der Waals surface area contributed by atoms with Gasteiger partial charge in [-0.25, -0.2) is 0 Å². The largest absolute Gasteiger partial charge is 0.455 e. The van der Waals surface area contributed by atoms with Gasteiger partial charge in [-0.15, -0.1) is 0 Å². The minimum Gasteiger partial charge on any atom is -0.455 e. The second kappa shape index (κ2) is 14.3. The van der Waals surface area contributed by atoms with Crippen molar-refractivity contribution in [2.45, 2.75) is 0 Å². The maximum atomic E-state index is 6.99. The van der Waals surface area contributed by atoms with Gasteiger partial charge in [0.15, 0.2) is 5.58 Å². The fourth-order valence-electron chi connectivity index (χ4n) is 8.99. The average molecular weight is 780 g/mol. The molecule has 0 amide bonds. The lowest BCUT2D eigenvalue weighted by molar-refractivity contribution is 0.669. The molecule has 0 N–H and O–H groups in total. The van der Waals surface area contributed by atoms with Crippen LogP contribution >= 0.6 is 0 Å². The number of furan rings is 2. The third kappa shape index (κ3) is 6.06. The maximum Gasteiger partial charge on any atom is 0.159 e. The maximum absolute atomic E-state index is 6.99. The number of hydrogen-bond donors (Lipinski definition) is 0. The van der Waals surface area contributed by atoms with Gasteiger partial charge in [-0.1, -0.05) is 170 Å². The molecule has 0 radical (unpaired) electrons. The predicted octanol–water partition coefficient (Wildman–Crippen LogP) is 16.8. The van der Waals surface area contributed by atoms with Crippen LogP contribution in [0, 0.1) is 0 Å². The first-order valence-corrected chi connectivity index (χ1v) is 20.7. The second-order valence-electron chi connectivity index (χ2n) is 15.7. The molecule has 12 rings (SSSR count). The van der Waals surface area contributed by atoms with Crippen LogP contribution in [0.25, 0.3) is 99.2 Å². The zero-order valence-electron chi connectivity index (χ0n) is 33.1. The Morgan fingerprint density at radius 2 is 0.787 bits per heavy atom. The van der Waals surface area contributed by atoms with Crippen molar-refractivity contribution in [3.63, 3.8) is 0 Å². The van der Waals surface area contributed by atoms with E-state index in [-0.39, 0.29) is 0 Å². The Balaban J connectivity index is 1.07. The number of fused-ring (bicyclic) bond motifs is 7. The molecule has 286 valence electrons. The number of para-hydroxylation sites is 2. The zero-order valence-corrected chi connectivity index (χ0v) is 33.1. The Morgan fingerprint density at radius 1 is 0.279 bits per heavy atom. The summed E-state index contributed by atoms with van der Waals surface area (Å²) in [4.78, 5) is 2.34. The van der Waals surface area contributed by atoms with Crippen LogP contribution < -0.4 is 4.90 Å². The first-order valence-electron chi connectivity index (χ1n) is 20.7. The van der Waals surface area contributed by atoms with Crippen molar-refractivity contribution in [2.75, 3.05) is 4.90 Å². The number of rotatable bonds is 7. The van der Waals surface area contributed by atoms with E-state index < -0.39 is 0 Å². The van der Waals surface area contributed by atoms with E-state index in [1.54, 1.807) is 0 Å². The van der Waals surface area contributed by atoms with E-state index in [0.717, 1.165) is 94.1 Å². The van der Waals surface area contributed by atoms with Crippen LogP contribution in [0.3, 0.4) is 0 Å². The fourth-order valence-corrected chi connectivity index (χ4v) is 8.99. The molecule has 61 heavy (non-hydrogen) atoms. The molecule has 0 unspecified atom stereocenters. The van der Waals surface area contributed by atoms with E-state index in [4.69, 9.17) is 8.83 Å². The third-order valence-corrected chi connectivity index (χ3v) is 12.1. The monoisotopic (exact) mass is 779 g/mol. The van der Waals surface area contributed by atoms with Crippen molar-refractivity contribution in [3.05, 3.63) is 224 Å². The molecule has 3 nitrogen and oxygen atoms in total. The summed E-state index contributed by atoms with van der Waals surface area (Å²) in [6.07, 6.45) is 0. The Hall–Kier alpha value is -8.14. The topological polar surface area (TPSA) is 29.5 Å². The number of anilines is 3. The van der Waals surface area contributed by atoms with E-state index in [0.29, 0.717) is 0 Å². The smallest absolute Gasteiger partial charge is 0.159 e. The molecule has 0 saturated carbocycles. The zero-order chi connectivity index (χ0) is 40.3. The molecular formula is C58H37NO2. The lowest BCUT2D eigenvalue weighted by Gasteiger charge is -2.26. The first-order chi connectivity index (χ1) is 30.2. The van der Waals surface area contributed by atoms with Crippen molar-refractivity contribution in [1.82, 2.24) is 0 Å². The van der Waals surface area contributed by atoms with Crippen LogP contribution in [0.2, 0.25) is 0 Å². The summed E-state index contributed by atoms with van der Waals surface area (Å²) < 4.78 is 13.5. The number of benzene rings is 10. The van der Waals surface area contributed by atoms with Gasteiger partial charge < -0.3 is 13.7 Å². The Morgan fingerprint density at radius 3 is 1.46 bits per heavy atom. The number of nitrogens with zero attached hydrogens (tertiary/aromatic N) is 1. The quantitative estimate of drug-likeness (QED) is 0.161. The molecule has 0 aliphatic carbocycles. The van der Waals surface area contributed by atoms with E-state index in [1.807, 2.05) is 12.1 Å². The lowest BCUT2D eigenvalue weighted by atomic mass is 9.97. The molecule has 0 spiro atoms. The van der Waals surface area contributed by atoms with Crippen LogP contribution in [-0.2, 0) is 0 Å². The summed E-state index contributed by atoms with van der Waals surface area (Å²) in [6, 6.07) is 79.9. The van der Waals surface area contributed by atoms with Gasteiger partial charge in [-0.05, 0) is 104 Å². The Labute approximate surface area is 353 Å². The summed E-state index contributed by atoms with van der Waals surface area (Å²) in [5.41, 5.74) is 15.6. The highest BCUT2D eigenvalue weighted by atomic mass is 16.3. The molecule has 0 atom stereocenters. The van der Waals surface area contributed by atoms with Gasteiger partial charge in [0.05, 0.1) is 5.69 Å². The van der Waals surface area contributed by atoms with Crippen LogP contribution in [0.15, 0.2) is 233 Å². The molecule has 2 heterocycles. The van der Waals surface area contributed by atoms with Crippen LogP contribution in [-0.4, -0.2) is 0 Å². The SMILES string of the molecule is c1ccc(-c2ccc(-c3cc(N(c4ccc(-c5ccccc5)cc4)c4ccc(-c5cccc6c5oc5ccccc56)cc4)c4oc5cc6ccccc6cc5c4c3)cc2)cc1. The summed E-state index contributed by atoms with van der Waals surface area (Å²) >= 11 is 0. The highest BCUT2D eigenvalue weighted by molar-refractivity contribution is 6.15. The standard InChI is InChI=1S/C58H37NO2/c1-3-12-38(13-4-1)40-22-24-42(25-23-40)46-35-53-52-34-44-16-7-8-17-45(44)37-56(52)61-58(53)54(36-46)59(47-30-26-41(27-31-47)39-14-5-2-6-15-39)48-32-28-43(29-33-48)49-19-11-20-51-50-18-9-10-21-55(50)60-57(49)51/h1-37H. The number of hydrogen-bond acceptors (Lipinski definition) is 3. The molecule has 0 fully saturated rings. The van der Waals surface area contributed by atoms with Crippen molar-refractivity contribution in [1.29, 1.82) is 0 Å². The molecule has 0 aliphatic heterocycles. The highest BCUT2D eigenvalue weighted by Crippen LogP contribution is 2.46. The van der Waals surface area contributed by atoms with Crippen LogP contribution in [0.1, 0.15) is 0 Å². The van der Waals surface area contributed by atoms with Crippen molar-refractivity contribution < 1.29 is 8.83 Å². The molecule has 2 aromatic heterocycles. The van der Waals surface area contributed by atoms with Crippen molar-refractivity contribution >= 4 is 71.7 Å². The second-order valence-corrected chi connectivity index (χ2v) is 15.7. The average Bonchev–Trinajstić information content (AvgIpc) is 3.90. The molecule has 3 heteroatoms. The normalized spacial score (nSPS) is 11.6. The first kappa shape index (κ1) is 34.9. The molecular weight excluding hydrogens is 743 g/mol. The summed E-state index contributed by atoms with van der Waals surface area (Å²) in [7, 11) is 0. The van der Waals surface area contributed by atoms with E-state index >= 15 is 0 Å². The molecule has 10 aromatic carbocycles. The lowest BCUT2D eigenvalue weighted by Crippen LogP contribution is -2.10. The van der Waals surface area contributed by atoms with Crippen LogP contribution in [0.4, 0.5) is 17.1 Å². The van der Waals surface area contributed by atoms with Gasteiger partial charge in [-0.3, -0.25) is 0 Å². The summed E-state index contributed by atoms with van der Waals surface area (Å²) in [5.74, 6) is 0. The van der Waals surface area contributed by atoms with E-state index in [1.165, 1.54) is 22.1 Å².